The van der Waals surface area contributed by atoms with E-state index in [0.717, 1.165) is 17.0 Å². The van der Waals surface area contributed by atoms with Gasteiger partial charge in [-0.2, -0.15) is 13.2 Å². The van der Waals surface area contributed by atoms with Crippen molar-refractivity contribution in [3.05, 3.63) is 54.1 Å². The van der Waals surface area contributed by atoms with Gasteiger partial charge in [0.25, 0.3) is 0 Å². The zero-order valence-corrected chi connectivity index (χ0v) is 14.9. The molecule has 1 atom stereocenters. The molecule has 4 nitrogen and oxygen atoms in total. The van der Waals surface area contributed by atoms with Crippen LogP contribution in [0.2, 0.25) is 0 Å². The van der Waals surface area contributed by atoms with Crippen LogP contribution in [0, 0.1) is 0 Å². The Bertz CT molecular complexity index is 809. The Hall–Kier alpha value is -2.48. The number of amides is 2. The molecule has 0 saturated heterocycles. The standard InChI is InChI=1S/C18H17F3N2O2S/c1-11(26-16-8-4-7-15(10-16)22-12(2)24)17(25)23-14-6-3-5-13(9-14)18(19,20)21/h3-11H,1-2H3,(H,22,24)(H,23,25). The highest BCUT2D eigenvalue weighted by Crippen LogP contribution is 2.31. The largest absolute Gasteiger partial charge is 0.416 e. The first-order valence-corrected chi connectivity index (χ1v) is 8.55. The van der Waals surface area contributed by atoms with Crippen molar-refractivity contribution in [2.75, 3.05) is 10.6 Å². The van der Waals surface area contributed by atoms with E-state index >= 15 is 0 Å². The van der Waals surface area contributed by atoms with Crippen LogP contribution < -0.4 is 10.6 Å². The van der Waals surface area contributed by atoms with Crippen LogP contribution in [0.4, 0.5) is 24.5 Å². The second-order valence-electron chi connectivity index (χ2n) is 5.54. The van der Waals surface area contributed by atoms with E-state index < -0.39 is 22.9 Å². The Kier molecular flexibility index (Phi) is 6.31. The first kappa shape index (κ1) is 19.8. The lowest BCUT2D eigenvalue weighted by atomic mass is 10.2. The maximum absolute atomic E-state index is 12.7. The van der Waals surface area contributed by atoms with E-state index in [9.17, 15) is 22.8 Å². The summed E-state index contributed by atoms with van der Waals surface area (Å²) in [5.74, 6) is -0.623. The zero-order chi connectivity index (χ0) is 19.3. The van der Waals surface area contributed by atoms with Crippen molar-refractivity contribution in [3.63, 3.8) is 0 Å². The quantitative estimate of drug-likeness (QED) is 0.732. The van der Waals surface area contributed by atoms with E-state index in [1.54, 1.807) is 31.2 Å². The van der Waals surface area contributed by atoms with Crippen LogP contribution in [-0.2, 0) is 15.8 Å². The number of anilines is 2. The molecule has 0 aliphatic carbocycles. The molecule has 138 valence electrons. The summed E-state index contributed by atoms with van der Waals surface area (Å²) in [5, 5.41) is 4.60. The van der Waals surface area contributed by atoms with E-state index in [1.807, 2.05) is 0 Å². The number of nitrogens with one attached hydrogen (secondary N) is 2. The summed E-state index contributed by atoms with van der Waals surface area (Å²) < 4.78 is 38.2. The molecule has 0 radical (unpaired) electrons. The second kappa shape index (κ2) is 8.27. The number of thioether (sulfide) groups is 1. The summed E-state index contributed by atoms with van der Waals surface area (Å²) in [6.45, 7) is 3.05. The SMILES string of the molecule is CC(=O)Nc1cccc(SC(C)C(=O)Nc2cccc(C(F)(F)F)c2)c1. The van der Waals surface area contributed by atoms with Gasteiger partial charge in [-0.3, -0.25) is 9.59 Å². The zero-order valence-electron chi connectivity index (χ0n) is 14.1. The Labute approximate surface area is 153 Å². The first-order chi connectivity index (χ1) is 12.1. The second-order valence-corrected chi connectivity index (χ2v) is 6.95. The highest BCUT2D eigenvalue weighted by atomic mass is 32.2. The van der Waals surface area contributed by atoms with Crippen molar-refractivity contribution >= 4 is 35.0 Å². The smallest absolute Gasteiger partial charge is 0.326 e. The summed E-state index contributed by atoms with van der Waals surface area (Å²) in [6.07, 6.45) is -4.47. The van der Waals surface area contributed by atoms with Crippen LogP contribution >= 0.6 is 11.8 Å². The summed E-state index contributed by atoms with van der Waals surface area (Å²) in [4.78, 5) is 24.1. The number of hydrogen-bond donors (Lipinski definition) is 2. The number of alkyl halides is 3. The van der Waals surface area contributed by atoms with Crippen molar-refractivity contribution in [1.29, 1.82) is 0 Å². The van der Waals surface area contributed by atoms with Crippen LogP contribution in [0.1, 0.15) is 19.4 Å². The van der Waals surface area contributed by atoms with E-state index in [4.69, 9.17) is 0 Å². The van der Waals surface area contributed by atoms with Gasteiger partial charge in [-0.05, 0) is 43.3 Å². The molecular weight excluding hydrogens is 365 g/mol. The summed E-state index contributed by atoms with van der Waals surface area (Å²) in [6, 6.07) is 11.5. The number of halogens is 3. The minimum Gasteiger partial charge on any atom is -0.326 e. The van der Waals surface area contributed by atoms with Crippen LogP contribution in [0.5, 0.6) is 0 Å². The average Bonchev–Trinajstić information content (AvgIpc) is 2.54. The number of hydrogen-bond acceptors (Lipinski definition) is 3. The van der Waals surface area contributed by atoms with Gasteiger partial charge in [0.2, 0.25) is 11.8 Å². The van der Waals surface area contributed by atoms with Gasteiger partial charge in [0.05, 0.1) is 10.8 Å². The number of carbonyl (C=O) groups is 2. The highest BCUT2D eigenvalue weighted by Gasteiger charge is 2.30. The topological polar surface area (TPSA) is 58.2 Å². The molecule has 2 rings (SSSR count). The lowest BCUT2D eigenvalue weighted by Crippen LogP contribution is -2.22. The third-order valence-corrected chi connectivity index (χ3v) is 4.39. The summed E-state index contributed by atoms with van der Waals surface area (Å²) in [7, 11) is 0. The molecule has 0 aromatic heterocycles. The third kappa shape index (κ3) is 5.80. The van der Waals surface area contributed by atoms with Gasteiger partial charge in [0.1, 0.15) is 0 Å². The van der Waals surface area contributed by atoms with Gasteiger partial charge < -0.3 is 10.6 Å². The normalized spacial score (nSPS) is 12.3. The minimum atomic E-state index is -4.47. The third-order valence-electron chi connectivity index (χ3n) is 3.29. The molecule has 0 spiro atoms. The van der Waals surface area contributed by atoms with Gasteiger partial charge in [0.15, 0.2) is 0 Å². The molecule has 0 aliphatic heterocycles. The van der Waals surface area contributed by atoms with E-state index in [1.165, 1.54) is 30.8 Å². The molecule has 0 aliphatic rings. The Morgan fingerprint density at radius 2 is 1.62 bits per heavy atom. The Morgan fingerprint density at radius 3 is 2.23 bits per heavy atom. The van der Waals surface area contributed by atoms with Crippen LogP contribution in [0.3, 0.4) is 0 Å². The minimum absolute atomic E-state index is 0.0873. The number of rotatable bonds is 5. The lowest BCUT2D eigenvalue weighted by Gasteiger charge is -2.14. The van der Waals surface area contributed by atoms with Gasteiger partial charge >= 0.3 is 6.18 Å². The van der Waals surface area contributed by atoms with E-state index in [2.05, 4.69) is 10.6 Å². The molecule has 26 heavy (non-hydrogen) atoms. The monoisotopic (exact) mass is 382 g/mol. The lowest BCUT2D eigenvalue weighted by molar-refractivity contribution is -0.137. The molecule has 0 bridgehead atoms. The van der Waals surface area contributed by atoms with Crippen molar-refractivity contribution in [1.82, 2.24) is 0 Å². The van der Waals surface area contributed by atoms with Gasteiger partial charge in [-0.15, -0.1) is 11.8 Å². The van der Waals surface area contributed by atoms with Crippen LogP contribution in [0.25, 0.3) is 0 Å². The van der Waals surface area contributed by atoms with Crippen LogP contribution in [-0.4, -0.2) is 17.1 Å². The van der Waals surface area contributed by atoms with E-state index in [0.29, 0.717) is 5.69 Å². The number of carbonyl (C=O) groups excluding carboxylic acids is 2. The van der Waals surface area contributed by atoms with Gasteiger partial charge in [-0.1, -0.05) is 12.1 Å². The fourth-order valence-corrected chi connectivity index (χ4v) is 3.05. The molecule has 8 heteroatoms. The van der Waals surface area contributed by atoms with Crippen molar-refractivity contribution < 1.29 is 22.8 Å². The Balaban J connectivity index is 2.03. The van der Waals surface area contributed by atoms with Crippen molar-refractivity contribution in [2.24, 2.45) is 0 Å². The molecule has 0 saturated carbocycles. The summed E-state index contributed by atoms with van der Waals surface area (Å²) >= 11 is 1.24. The molecule has 1 unspecified atom stereocenters. The molecule has 2 N–H and O–H groups in total. The molecular formula is C18H17F3N2O2S. The summed E-state index contributed by atoms with van der Waals surface area (Å²) in [5.41, 5.74) is -0.129. The first-order valence-electron chi connectivity index (χ1n) is 7.67. The molecule has 0 fully saturated rings. The predicted molar refractivity (Wildman–Crippen MR) is 96.1 cm³/mol. The van der Waals surface area contributed by atoms with Gasteiger partial charge in [-0.25, -0.2) is 0 Å². The van der Waals surface area contributed by atoms with Crippen LogP contribution in [0.15, 0.2) is 53.4 Å². The number of benzene rings is 2. The van der Waals surface area contributed by atoms with Gasteiger partial charge in [0, 0.05) is 23.2 Å². The van der Waals surface area contributed by atoms with E-state index in [-0.39, 0.29) is 11.6 Å². The fraction of sp³-hybridized carbons (Fsp3) is 0.222. The molecule has 2 amide bonds. The van der Waals surface area contributed by atoms with Crippen molar-refractivity contribution in [2.45, 2.75) is 30.2 Å². The molecule has 0 heterocycles. The van der Waals surface area contributed by atoms with Crippen molar-refractivity contribution in [3.8, 4) is 0 Å². The predicted octanol–water partition coefficient (Wildman–Crippen LogP) is 4.78. The Morgan fingerprint density at radius 1 is 1.00 bits per heavy atom. The molecule has 2 aromatic carbocycles. The maximum atomic E-state index is 12.7. The fourth-order valence-electron chi connectivity index (χ4n) is 2.13. The highest BCUT2D eigenvalue weighted by molar-refractivity contribution is 8.00. The molecule has 2 aromatic rings. The average molecular weight is 382 g/mol. The maximum Gasteiger partial charge on any atom is 0.416 e.